The standard InChI is InChI=1S/C23H16Cl2N2O2/c24-19-11-9-16(10-12-19)15-29-22-8-4-1-5-17(22)13-18(14-26)23(28)27-21-7-3-2-6-20(21)25/h1-13H,15H2,(H,27,28)/b18-13+. The second-order valence-corrected chi connectivity index (χ2v) is 6.90. The molecule has 0 saturated carbocycles. The van der Waals surface area contributed by atoms with E-state index in [1.807, 2.05) is 30.3 Å². The molecule has 0 bridgehead atoms. The number of nitrogens with one attached hydrogen (secondary N) is 1. The molecule has 0 saturated heterocycles. The SMILES string of the molecule is N#C/C(=C\c1ccccc1OCc1ccc(Cl)cc1)C(=O)Nc1ccccc1Cl. The zero-order valence-electron chi connectivity index (χ0n) is 15.2. The summed E-state index contributed by atoms with van der Waals surface area (Å²) in [4.78, 5) is 12.5. The molecule has 6 heteroatoms. The Morgan fingerprint density at radius 2 is 1.69 bits per heavy atom. The number of nitriles is 1. The number of hydrogen-bond donors (Lipinski definition) is 1. The number of hydrogen-bond acceptors (Lipinski definition) is 3. The van der Waals surface area contributed by atoms with E-state index in [0.29, 0.717) is 33.7 Å². The van der Waals surface area contributed by atoms with Crippen molar-refractivity contribution in [2.24, 2.45) is 0 Å². The van der Waals surface area contributed by atoms with Gasteiger partial charge in [0, 0.05) is 10.6 Å². The van der Waals surface area contributed by atoms with Crippen molar-refractivity contribution in [2.45, 2.75) is 6.61 Å². The van der Waals surface area contributed by atoms with Crippen LogP contribution < -0.4 is 10.1 Å². The van der Waals surface area contributed by atoms with Gasteiger partial charge >= 0.3 is 0 Å². The van der Waals surface area contributed by atoms with Gasteiger partial charge in [-0.15, -0.1) is 0 Å². The van der Waals surface area contributed by atoms with Crippen LogP contribution in [0.2, 0.25) is 10.0 Å². The van der Waals surface area contributed by atoms with Crippen LogP contribution in [-0.4, -0.2) is 5.91 Å². The van der Waals surface area contributed by atoms with Crippen LogP contribution in [-0.2, 0) is 11.4 Å². The first-order valence-corrected chi connectivity index (χ1v) is 9.46. The highest BCUT2D eigenvalue weighted by Gasteiger charge is 2.12. The van der Waals surface area contributed by atoms with Crippen molar-refractivity contribution in [3.63, 3.8) is 0 Å². The first-order valence-electron chi connectivity index (χ1n) is 8.71. The molecule has 0 aromatic heterocycles. The molecule has 0 aliphatic heterocycles. The number of anilines is 1. The molecule has 4 nitrogen and oxygen atoms in total. The van der Waals surface area contributed by atoms with E-state index in [4.69, 9.17) is 27.9 Å². The maximum absolute atomic E-state index is 12.5. The number of benzene rings is 3. The number of halogens is 2. The molecule has 0 aliphatic rings. The Morgan fingerprint density at radius 3 is 2.41 bits per heavy atom. The fraction of sp³-hybridized carbons (Fsp3) is 0.0435. The zero-order chi connectivity index (χ0) is 20.6. The first kappa shape index (κ1) is 20.5. The maximum Gasteiger partial charge on any atom is 0.266 e. The van der Waals surface area contributed by atoms with Gasteiger partial charge in [0.25, 0.3) is 5.91 Å². The topological polar surface area (TPSA) is 62.1 Å². The van der Waals surface area contributed by atoms with Gasteiger partial charge < -0.3 is 10.1 Å². The molecule has 0 atom stereocenters. The molecule has 0 unspecified atom stereocenters. The Kier molecular flexibility index (Phi) is 6.91. The number of nitrogens with zero attached hydrogens (tertiary/aromatic N) is 1. The van der Waals surface area contributed by atoms with E-state index < -0.39 is 5.91 Å². The van der Waals surface area contributed by atoms with Crippen LogP contribution in [0.1, 0.15) is 11.1 Å². The maximum atomic E-state index is 12.5. The van der Waals surface area contributed by atoms with Crippen LogP contribution in [0.25, 0.3) is 6.08 Å². The number of carbonyl (C=O) groups is 1. The molecule has 1 N–H and O–H groups in total. The Morgan fingerprint density at radius 1 is 1.00 bits per heavy atom. The van der Waals surface area contributed by atoms with Gasteiger partial charge in [-0.2, -0.15) is 5.26 Å². The normalized spacial score (nSPS) is 10.9. The quantitative estimate of drug-likeness (QED) is 0.384. The molecule has 0 aliphatic carbocycles. The monoisotopic (exact) mass is 422 g/mol. The Labute approximate surface area is 179 Å². The lowest BCUT2D eigenvalue weighted by Gasteiger charge is -2.10. The summed E-state index contributed by atoms with van der Waals surface area (Å²) >= 11 is 12.0. The lowest BCUT2D eigenvalue weighted by molar-refractivity contribution is -0.112. The summed E-state index contributed by atoms with van der Waals surface area (Å²) in [5.74, 6) is 0.00819. The Hall–Kier alpha value is -3.26. The van der Waals surface area contributed by atoms with Gasteiger partial charge in [-0.05, 0) is 42.0 Å². The zero-order valence-corrected chi connectivity index (χ0v) is 16.7. The highest BCUT2D eigenvalue weighted by molar-refractivity contribution is 6.34. The molecule has 0 heterocycles. The van der Waals surface area contributed by atoms with Gasteiger partial charge in [-0.3, -0.25) is 4.79 Å². The van der Waals surface area contributed by atoms with E-state index in [2.05, 4.69) is 5.32 Å². The minimum absolute atomic E-state index is 0.0625. The lowest BCUT2D eigenvalue weighted by atomic mass is 10.1. The Bertz CT molecular complexity index is 1090. The number of para-hydroxylation sites is 2. The lowest BCUT2D eigenvalue weighted by Crippen LogP contribution is -2.13. The molecule has 0 fully saturated rings. The summed E-state index contributed by atoms with van der Waals surface area (Å²) in [6.45, 7) is 0.329. The molecule has 29 heavy (non-hydrogen) atoms. The van der Waals surface area contributed by atoms with E-state index >= 15 is 0 Å². The van der Waals surface area contributed by atoms with Gasteiger partial charge in [0.05, 0.1) is 10.7 Å². The van der Waals surface area contributed by atoms with Gasteiger partial charge in [-0.1, -0.05) is 65.7 Å². The summed E-state index contributed by atoms with van der Waals surface area (Å²) < 4.78 is 5.88. The molecule has 144 valence electrons. The van der Waals surface area contributed by atoms with Crippen molar-refractivity contribution >= 4 is 40.9 Å². The average Bonchev–Trinajstić information content (AvgIpc) is 2.74. The van der Waals surface area contributed by atoms with Crippen molar-refractivity contribution < 1.29 is 9.53 Å². The number of carbonyl (C=O) groups excluding carboxylic acids is 1. The summed E-state index contributed by atoms with van der Waals surface area (Å²) in [7, 11) is 0. The first-order chi connectivity index (χ1) is 14.1. The van der Waals surface area contributed by atoms with Gasteiger partial charge in [0.15, 0.2) is 0 Å². The molecule has 3 rings (SSSR count). The van der Waals surface area contributed by atoms with E-state index in [0.717, 1.165) is 5.56 Å². The number of rotatable bonds is 6. The molecule has 0 radical (unpaired) electrons. The third-order valence-electron chi connectivity index (χ3n) is 4.01. The predicted octanol–water partition coefficient (Wildman–Crippen LogP) is 6.12. The predicted molar refractivity (Wildman–Crippen MR) is 116 cm³/mol. The molecule has 3 aromatic carbocycles. The molecule has 3 aromatic rings. The van der Waals surface area contributed by atoms with E-state index in [-0.39, 0.29) is 5.57 Å². The van der Waals surface area contributed by atoms with E-state index in [9.17, 15) is 10.1 Å². The number of ether oxygens (including phenoxy) is 1. The highest BCUT2D eigenvalue weighted by Crippen LogP contribution is 2.24. The fourth-order valence-corrected chi connectivity index (χ4v) is 2.84. The highest BCUT2D eigenvalue weighted by atomic mass is 35.5. The van der Waals surface area contributed by atoms with Gasteiger partial charge in [0.1, 0.15) is 24.0 Å². The van der Waals surface area contributed by atoms with E-state index in [1.165, 1.54) is 6.08 Å². The van der Waals surface area contributed by atoms with Crippen LogP contribution >= 0.6 is 23.2 Å². The molecular weight excluding hydrogens is 407 g/mol. The largest absolute Gasteiger partial charge is 0.488 e. The summed E-state index contributed by atoms with van der Waals surface area (Å²) in [5.41, 5.74) is 1.94. The van der Waals surface area contributed by atoms with Crippen molar-refractivity contribution in [3.05, 3.63) is 99.5 Å². The smallest absolute Gasteiger partial charge is 0.266 e. The third-order valence-corrected chi connectivity index (χ3v) is 4.60. The van der Waals surface area contributed by atoms with Crippen LogP contribution in [0.5, 0.6) is 5.75 Å². The second-order valence-electron chi connectivity index (χ2n) is 6.06. The van der Waals surface area contributed by atoms with Crippen molar-refractivity contribution in [1.82, 2.24) is 0 Å². The minimum Gasteiger partial charge on any atom is -0.488 e. The summed E-state index contributed by atoms with van der Waals surface area (Å²) in [6.07, 6.45) is 1.49. The summed E-state index contributed by atoms with van der Waals surface area (Å²) in [5, 5.41) is 13.2. The van der Waals surface area contributed by atoms with Crippen molar-refractivity contribution in [2.75, 3.05) is 5.32 Å². The third kappa shape index (κ3) is 5.61. The van der Waals surface area contributed by atoms with Gasteiger partial charge in [-0.25, -0.2) is 0 Å². The molecule has 1 amide bonds. The van der Waals surface area contributed by atoms with Crippen LogP contribution in [0.15, 0.2) is 78.4 Å². The average molecular weight is 423 g/mol. The van der Waals surface area contributed by atoms with Crippen molar-refractivity contribution in [1.29, 1.82) is 5.26 Å². The molecular formula is C23H16Cl2N2O2. The van der Waals surface area contributed by atoms with E-state index in [1.54, 1.807) is 48.5 Å². The summed E-state index contributed by atoms with van der Waals surface area (Å²) in [6, 6.07) is 23.3. The van der Waals surface area contributed by atoms with Crippen LogP contribution in [0, 0.1) is 11.3 Å². The van der Waals surface area contributed by atoms with Crippen LogP contribution in [0.4, 0.5) is 5.69 Å². The van der Waals surface area contributed by atoms with Gasteiger partial charge in [0.2, 0.25) is 0 Å². The van der Waals surface area contributed by atoms with Crippen LogP contribution in [0.3, 0.4) is 0 Å². The fourth-order valence-electron chi connectivity index (χ4n) is 2.53. The molecule has 0 spiro atoms. The second kappa shape index (κ2) is 9.79. The minimum atomic E-state index is -0.548. The Balaban J connectivity index is 1.78. The number of amides is 1. The van der Waals surface area contributed by atoms with Crippen molar-refractivity contribution in [3.8, 4) is 11.8 Å².